The summed E-state index contributed by atoms with van der Waals surface area (Å²) in [5, 5.41) is 13.9. The van der Waals surface area contributed by atoms with Gasteiger partial charge in [0.1, 0.15) is 5.69 Å². The molecule has 82 valence electrons. The zero-order valence-corrected chi connectivity index (χ0v) is 7.80. The van der Waals surface area contributed by atoms with Crippen LogP contribution in [0.4, 0.5) is 14.6 Å². The number of nitrogens with zero attached hydrogens (tertiary/aromatic N) is 3. The zero-order chi connectivity index (χ0) is 11.7. The summed E-state index contributed by atoms with van der Waals surface area (Å²) in [5.74, 6) is -2.56. The molecule has 0 aliphatic heterocycles. The van der Waals surface area contributed by atoms with E-state index in [9.17, 15) is 18.9 Å². The summed E-state index contributed by atoms with van der Waals surface area (Å²) in [5.41, 5.74) is -0.173. The molecule has 0 radical (unpaired) electrons. The van der Waals surface area contributed by atoms with Gasteiger partial charge in [0, 0.05) is 0 Å². The van der Waals surface area contributed by atoms with Crippen LogP contribution in [0.5, 0.6) is 0 Å². The van der Waals surface area contributed by atoms with Crippen LogP contribution >= 0.6 is 0 Å². The molecule has 0 saturated heterocycles. The van der Waals surface area contributed by atoms with Gasteiger partial charge in [0.15, 0.2) is 11.6 Å². The van der Waals surface area contributed by atoms with E-state index in [2.05, 4.69) is 5.10 Å². The first-order chi connectivity index (χ1) is 7.59. The second-order valence-electron chi connectivity index (χ2n) is 2.95. The maximum Gasteiger partial charge on any atom is 0.390 e. The van der Waals surface area contributed by atoms with E-state index in [0.29, 0.717) is 0 Å². The molecule has 0 aliphatic rings. The molecular weight excluding hydrogens is 220 g/mol. The maximum absolute atomic E-state index is 13.3. The highest BCUT2D eigenvalue weighted by atomic mass is 19.2. The van der Waals surface area contributed by atoms with Crippen molar-refractivity contribution in [2.24, 2.45) is 0 Å². The highest BCUT2D eigenvalue weighted by Crippen LogP contribution is 2.17. The summed E-state index contributed by atoms with van der Waals surface area (Å²) < 4.78 is 27.1. The van der Waals surface area contributed by atoms with Crippen LogP contribution in [0.3, 0.4) is 0 Å². The molecule has 7 heteroatoms. The Morgan fingerprint density at radius 2 is 2.06 bits per heavy atom. The molecule has 0 amide bonds. The lowest BCUT2D eigenvalue weighted by Gasteiger charge is -1.99. The third kappa shape index (κ3) is 1.62. The van der Waals surface area contributed by atoms with Gasteiger partial charge in [-0.2, -0.15) is 0 Å². The van der Waals surface area contributed by atoms with Crippen LogP contribution in [0.15, 0.2) is 30.5 Å². The van der Waals surface area contributed by atoms with Crippen LogP contribution in [0, 0.1) is 21.7 Å². The topological polar surface area (TPSA) is 61.0 Å². The molecule has 0 bridgehead atoms. The number of hydrogen-bond donors (Lipinski definition) is 0. The smallest absolute Gasteiger partial charge is 0.358 e. The van der Waals surface area contributed by atoms with Crippen molar-refractivity contribution in [1.82, 2.24) is 9.78 Å². The molecule has 5 nitrogen and oxygen atoms in total. The van der Waals surface area contributed by atoms with Crippen LogP contribution in [0.2, 0.25) is 0 Å². The largest absolute Gasteiger partial charge is 0.390 e. The molecule has 1 heterocycles. The van der Waals surface area contributed by atoms with Gasteiger partial charge >= 0.3 is 5.82 Å². The van der Waals surface area contributed by atoms with E-state index >= 15 is 0 Å². The molecule has 0 aliphatic carbocycles. The van der Waals surface area contributed by atoms with Crippen molar-refractivity contribution in [3.8, 4) is 5.69 Å². The Balaban J connectivity index is 2.50. The van der Waals surface area contributed by atoms with Gasteiger partial charge in [0.25, 0.3) is 0 Å². The normalized spacial score (nSPS) is 10.4. The molecule has 16 heavy (non-hydrogen) atoms. The van der Waals surface area contributed by atoms with Crippen LogP contribution in [0.1, 0.15) is 0 Å². The van der Waals surface area contributed by atoms with Gasteiger partial charge < -0.3 is 10.1 Å². The summed E-state index contributed by atoms with van der Waals surface area (Å²) in [7, 11) is 0. The molecule has 1 aromatic carbocycles. The number of halogens is 2. The lowest BCUT2D eigenvalue weighted by Crippen LogP contribution is -2.01. The van der Waals surface area contributed by atoms with Crippen molar-refractivity contribution in [3.05, 3.63) is 52.2 Å². The average molecular weight is 225 g/mol. The second-order valence-corrected chi connectivity index (χ2v) is 2.95. The van der Waals surface area contributed by atoms with Gasteiger partial charge in [-0.1, -0.05) is 6.07 Å². The van der Waals surface area contributed by atoms with Crippen LogP contribution in [-0.4, -0.2) is 14.7 Å². The number of benzene rings is 1. The van der Waals surface area contributed by atoms with Crippen molar-refractivity contribution >= 4 is 5.82 Å². The summed E-state index contributed by atoms with van der Waals surface area (Å²) in [6.07, 6.45) is 1.19. The highest BCUT2D eigenvalue weighted by Gasteiger charge is 2.16. The van der Waals surface area contributed by atoms with E-state index in [0.717, 1.165) is 16.8 Å². The van der Waals surface area contributed by atoms with E-state index in [1.807, 2.05) is 0 Å². The van der Waals surface area contributed by atoms with Gasteiger partial charge in [-0.15, -0.1) is 4.68 Å². The summed E-state index contributed by atoms with van der Waals surface area (Å²) in [6.45, 7) is 0. The molecule has 1 aromatic heterocycles. The Hall–Kier alpha value is -2.31. The molecule has 2 aromatic rings. The lowest BCUT2D eigenvalue weighted by molar-refractivity contribution is -0.389. The first kappa shape index (κ1) is 10.2. The van der Waals surface area contributed by atoms with E-state index in [4.69, 9.17) is 0 Å². The average Bonchev–Trinajstić information content (AvgIpc) is 2.71. The number of aromatic nitrogens is 2. The molecule has 0 spiro atoms. The van der Waals surface area contributed by atoms with E-state index in [1.54, 1.807) is 0 Å². The van der Waals surface area contributed by atoms with Gasteiger partial charge in [0.05, 0.1) is 17.4 Å². The third-order valence-electron chi connectivity index (χ3n) is 1.94. The Labute approximate surface area is 88.1 Å². The van der Waals surface area contributed by atoms with Gasteiger partial charge in [-0.25, -0.2) is 8.78 Å². The molecular formula is C9H5F2N3O2. The van der Waals surface area contributed by atoms with E-state index < -0.39 is 22.4 Å². The van der Waals surface area contributed by atoms with Crippen LogP contribution in [0.25, 0.3) is 5.69 Å². The second kappa shape index (κ2) is 3.69. The molecule has 0 saturated carbocycles. The van der Waals surface area contributed by atoms with Gasteiger partial charge in [-0.3, -0.25) is 0 Å². The molecule has 0 atom stereocenters. The fraction of sp³-hybridized carbons (Fsp3) is 0. The summed E-state index contributed by atoms with van der Waals surface area (Å²) >= 11 is 0. The minimum absolute atomic E-state index is 0.173. The minimum Gasteiger partial charge on any atom is -0.358 e. The fourth-order valence-corrected chi connectivity index (χ4v) is 1.22. The highest BCUT2D eigenvalue weighted by molar-refractivity contribution is 5.34. The van der Waals surface area contributed by atoms with Crippen LogP contribution < -0.4 is 0 Å². The quantitative estimate of drug-likeness (QED) is 0.580. The van der Waals surface area contributed by atoms with Crippen LogP contribution in [-0.2, 0) is 0 Å². The zero-order valence-electron chi connectivity index (χ0n) is 7.80. The van der Waals surface area contributed by atoms with Crippen molar-refractivity contribution in [2.45, 2.75) is 0 Å². The Morgan fingerprint density at radius 1 is 1.31 bits per heavy atom. The number of rotatable bonds is 2. The fourth-order valence-electron chi connectivity index (χ4n) is 1.22. The first-order valence-electron chi connectivity index (χ1n) is 4.24. The van der Waals surface area contributed by atoms with Crippen molar-refractivity contribution in [3.63, 3.8) is 0 Å². The van der Waals surface area contributed by atoms with Gasteiger partial charge in [0.2, 0.25) is 0 Å². The first-order valence-corrected chi connectivity index (χ1v) is 4.24. The molecule has 0 N–H and O–H groups in total. The summed E-state index contributed by atoms with van der Waals surface area (Å²) in [6, 6.07) is 4.62. The van der Waals surface area contributed by atoms with Crippen molar-refractivity contribution in [2.75, 3.05) is 0 Å². The molecule has 0 fully saturated rings. The number of nitro groups is 1. The molecule has 2 rings (SSSR count). The van der Waals surface area contributed by atoms with E-state index in [1.165, 1.54) is 18.3 Å². The standard InChI is InChI=1S/C9H5F2N3O2/c10-6-2-1-3-7(9(6)11)13-5-4-8(12-13)14(15)16/h1-5H. The van der Waals surface area contributed by atoms with Crippen molar-refractivity contribution in [1.29, 1.82) is 0 Å². The predicted octanol–water partition coefficient (Wildman–Crippen LogP) is 2.06. The Bertz CT molecular complexity index is 553. The molecule has 0 unspecified atom stereocenters. The SMILES string of the molecule is O=[N+]([O-])c1ccn(-c2cccc(F)c2F)n1. The minimum atomic E-state index is -1.10. The third-order valence-corrected chi connectivity index (χ3v) is 1.94. The maximum atomic E-state index is 13.3. The Morgan fingerprint density at radius 3 is 2.69 bits per heavy atom. The lowest BCUT2D eigenvalue weighted by atomic mass is 10.3. The Kier molecular flexibility index (Phi) is 2.35. The van der Waals surface area contributed by atoms with E-state index in [-0.39, 0.29) is 5.69 Å². The predicted molar refractivity (Wildman–Crippen MR) is 50.1 cm³/mol. The summed E-state index contributed by atoms with van der Waals surface area (Å²) in [4.78, 5) is 9.64. The number of hydrogen-bond acceptors (Lipinski definition) is 3. The van der Waals surface area contributed by atoms with Crippen molar-refractivity contribution < 1.29 is 13.7 Å². The van der Waals surface area contributed by atoms with Gasteiger partial charge in [-0.05, 0) is 17.1 Å². The monoisotopic (exact) mass is 225 g/mol.